The van der Waals surface area contributed by atoms with Crippen molar-refractivity contribution in [1.29, 1.82) is 0 Å². The van der Waals surface area contributed by atoms with E-state index in [9.17, 15) is 14.7 Å². The maximum Gasteiger partial charge on any atom is 0.414 e. The van der Waals surface area contributed by atoms with Gasteiger partial charge in [0.15, 0.2) is 0 Å². The zero-order valence-electron chi connectivity index (χ0n) is 14.5. The van der Waals surface area contributed by atoms with Gasteiger partial charge in [-0.15, -0.1) is 0 Å². The molecule has 1 heterocycles. The number of carbonyl (C=O) groups is 2. The molecule has 2 rings (SSSR count). The molecule has 0 bridgehead atoms. The molecule has 1 aliphatic heterocycles. The van der Waals surface area contributed by atoms with Gasteiger partial charge in [0, 0.05) is 5.69 Å². The van der Waals surface area contributed by atoms with Gasteiger partial charge in [0.05, 0.1) is 12.5 Å². The summed E-state index contributed by atoms with van der Waals surface area (Å²) in [6, 6.07) is 7.20. The number of amides is 1. The van der Waals surface area contributed by atoms with Crippen molar-refractivity contribution >= 4 is 17.7 Å². The normalized spacial score (nSPS) is 18.5. The Morgan fingerprint density at radius 1 is 1.25 bits per heavy atom. The number of ether oxygens (including phenoxy) is 1. The summed E-state index contributed by atoms with van der Waals surface area (Å²) in [4.78, 5) is 24.9. The number of nitrogens with zero attached hydrogens (tertiary/aromatic N) is 1. The molecule has 1 fully saturated rings. The van der Waals surface area contributed by atoms with Gasteiger partial charge in [-0.3, -0.25) is 9.69 Å². The predicted octanol–water partition coefficient (Wildman–Crippen LogP) is 4.56. The van der Waals surface area contributed by atoms with Crippen molar-refractivity contribution in [2.75, 3.05) is 11.4 Å². The van der Waals surface area contributed by atoms with Crippen LogP contribution in [-0.4, -0.2) is 29.8 Å². The third-order valence-electron chi connectivity index (χ3n) is 4.57. The van der Waals surface area contributed by atoms with Gasteiger partial charge in [0.25, 0.3) is 0 Å². The van der Waals surface area contributed by atoms with Crippen LogP contribution >= 0.6 is 0 Å². The van der Waals surface area contributed by atoms with Crippen LogP contribution in [0.2, 0.25) is 0 Å². The number of carbonyl (C=O) groups excluding carboxylic acids is 1. The molecule has 0 aliphatic carbocycles. The third-order valence-corrected chi connectivity index (χ3v) is 4.57. The van der Waals surface area contributed by atoms with E-state index in [1.165, 1.54) is 19.3 Å². The highest BCUT2D eigenvalue weighted by atomic mass is 16.6. The SMILES string of the molecule is CCCCCCC1CN(c2ccc(C(CC)C(=O)O)cc2)C(=O)O1. The zero-order chi connectivity index (χ0) is 17.5. The number of hydrogen-bond donors (Lipinski definition) is 1. The molecule has 0 saturated carbocycles. The lowest BCUT2D eigenvalue weighted by molar-refractivity contribution is -0.138. The molecular formula is C19H27NO4. The van der Waals surface area contributed by atoms with Gasteiger partial charge in [0.2, 0.25) is 0 Å². The van der Waals surface area contributed by atoms with Crippen LogP contribution in [0.15, 0.2) is 24.3 Å². The Labute approximate surface area is 143 Å². The summed E-state index contributed by atoms with van der Waals surface area (Å²) in [5.41, 5.74) is 1.53. The summed E-state index contributed by atoms with van der Waals surface area (Å²) in [5.74, 6) is -1.33. The number of rotatable bonds is 9. The van der Waals surface area contributed by atoms with Gasteiger partial charge in [-0.1, -0.05) is 45.2 Å². The highest BCUT2D eigenvalue weighted by Gasteiger charge is 2.32. The molecule has 0 spiro atoms. The quantitative estimate of drug-likeness (QED) is 0.673. The minimum absolute atomic E-state index is 0.0450. The lowest BCUT2D eigenvalue weighted by Gasteiger charge is -2.15. The lowest BCUT2D eigenvalue weighted by atomic mass is 9.96. The van der Waals surface area contributed by atoms with Crippen molar-refractivity contribution in [2.24, 2.45) is 0 Å². The second kappa shape index (κ2) is 8.71. The van der Waals surface area contributed by atoms with Gasteiger partial charge >= 0.3 is 12.1 Å². The Bertz CT molecular complexity index is 555. The van der Waals surface area contributed by atoms with Gasteiger partial charge in [-0.25, -0.2) is 4.79 Å². The highest BCUT2D eigenvalue weighted by Crippen LogP contribution is 2.27. The standard InChI is InChI=1S/C19H27NO4/c1-3-5-6-7-8-16-13-20(19(23)24-16)15-11-9-14(10-12-15)17(4-2)18(21)22/h9-12,16-17H,3-8,13H2,1-2H3,(H,21,22). The van der Waals surface area contributed by atoms with E-state index in [2.05, 4.69) is 6.92 Å². The van der Waals surface area contributed by atoms with E-state index in [0.29, 0.717) is 13.0 Å². The van der Waals surface area contributed by atoms with E-state index < -0.39 is 11.9 Å². The average Bonchev–Trinajstić information content (AvgIpc) is 2.93. The molecule has 5 nitrogen and oxygen atoms in total. The third kappa shape index (κ3) is 4.49. The van der Waals surface area contributed by atoms with E-state index in [0.717, 1.165) is 24.1 Å². The average molecular weight is 333 g/mol. The fourth-order valence-electron chi connectivity index (χ4n) is 3.12. The van der Waals surface area contributed by atoms with Crippen LogP contribution in [0.5, 0.6) is 0 Å². The first kappa shape index (κ1) is 18.3. The zero-order valence-corrected chi connectivity index (χ0v) is 14.5. The fraction of sp³-hybridized carbons (Fsp3) is 0.579. The molecule has 1 N–H and O–H groups in total. The Morgan fingerprint density at radius 2 is 1.96 bits per heavy atom. The van der Waals surface area contributed by atoms with Crippen molar-refractivity contribution in [3.05, 3.63) is 29.8 Å². The topological polar surface area (TPSA) is 66.8 Å². The largest absolute Gasteiger partial charge is 0.481 e. The van der Waals surface area contributed by atoms with Crippen molar-refractivity contribution in [3.8, 4) is 0 Å². The molecule has 0 aromatic heterocycles. The van der Waals surface area contributed by atoms with Gasteiger partial charge in [-0.05, 0) is 37.0 Å². The summed E-state index contributed by atoms with van der Waals surface area (Å²) in [6.07, 6.45) is 5.75. The lowest BCUT2D eigenvalue weighted by Crippen LogP contribution is -2.24. The van der Waals surface area contributed by atoms with Crippen LogP contribution in [-0.2, 0) is 9.53 Å². The fourth-order valence-corrected chi connectivity index (χ4v) is 3.12. The van der Waals surface area contributed by atoms with E-state index in [1.807, 2.05) is 19.1 Å². The number of aliphatic carboxylic acids is 1. The van der Waals surface area contributed by atoms with Crippen LogP contribution in [0.3, 0.4) is 0 Å². The van der Waals surface area contributed by atoms with Gasteiger partial charge in [0.1, 0.15) is 6.10 Å². The van der Waals surface area contributed by atoms with E-state index in [1.54, 1.807) is 17.0 Å². The molecule has 0 radical (unpaired) electrons. The molecular weight excluding hydrogens is 306 g/mol. The monoisotopic (exact) mass is 333 g/mol. The summed E-state index contributed by atoms with van der Waals surface area (Å²) < 4.78 is 5.44. The van der Waals surface area contributed by atoms with Crippen LogP contribution in [0.1, 0.15) is 63.9 Å². The molecule has 2 atom stereocenters. The molecule has 132 valence electrons. The maximum absolute atomic E-state index is 12.1. The summed E-state index contributed by atoms with van der Waals surface area (Å²) >= 11 is 0. The maximum atomic E-state index is 12.1. The molecule has 1 aliphatic rings. The number of carboxylic acids is 1. The Hall–Kier alpha value is -2.04. The highest BCUT2D eigenvalue weighted by molar-refractivity contribution is 5.89. The van der Waals surface area contributed by atoms with Gasteiger partial charge in [-0.2, -0.15) is 0 Å². The Balaban J connectivity index is 1.96. The van der Waals surface area contributed by atoms with E-state index in [-0.39, 0.29) is 12.2 Å². The first-order valence-electron chi connectivity index (χ1n) is 8.87. The Morgan fingerprint density at radius 3 is 2.54 bits per heavy atom. The minimum atomic E-state index is -0.821. The van der Waals surface area contributed by atoms with E-state index in [4.69, 9.17) is 4.74 Å². The number of benzene rings is 1. The molecule has 1 saturated heterocycles. The second-order valence-electron chi connectivity index (χ2n) is 6.36. The predicted molar refractivity (Wildman–Crippen MR) is 93.5 cm³/mol. The molecule has 24 heavy (non-hydrogen) atoms. The summed E-state index contributed by atoms with van der Waals surface area (Å²) in [5, 5.41) is 9.22. The van der Waals surface area contributed by atoms with Crippen molar-refractivity contribution in [1.82, 2.24) is 0 Å². The first-order valence-corrected chi connectivity index (χ1v) is 8.87. The summed E-state index contributed by atoms with van der Waals surface area (Å²) in [7, 11) is 0. The number of anilines is 1. The molecule has 2 unspecified atom stereocenters. The first-order chi connectivity index (χ1) is 11.6. The van der Waals surface area contributed by atoms with Crippen LogP contribution in [0.25, 0.3) is 0 Å². The van der Waals surface area contributed by atoms with Crippen LogP contribution in [0.4, 0.5) is 10.5 Å². The molecule has 1 aromatic rings. The molecule has 1 aromatic carbocycles. The smallest absolute Gasteiger partial charge is 0.414 e. The Kier molecular flexibility index (Phi) is 6.64. The van der Waals surface area contributed by atoms with E-state index >= 15 is 0 Å². The minimum Gasteiger partial charge on any atom is -0.481 e. The number of hydrogen-bond acceptors (Lipinski definition) is 3. The summed E-state index contributed by atoms with van der Waals surface area (Å²) in [6.45, 7) is 4.60. The van der Waals surface area contributed by atoms with Crippen LogP contribution < -0.4 is 4.90 Å². The van der Waals surface area contributed by atoms with Crippen LogP contribution in [0, 0.1) is 0 Å². The molecule has 5 heteroatoms. The number of unbranched alkanes of at least 4 members (excludes halogenated alkanes) is 3. The van der Waals surface area contributed by atoms with Crippen molar-refractivity contribution in [2.45, 2.75) is 64.4 Å². The van der Waals surface area contributed by atoms with Crippen molar-refractivity contribution in [3.63, 3.8) is 0 Å². The van der Waals surface area contributed by atoms with Gasteiger partial charge < -0.3 is 9.84 Å². The second-order valence-corrected chi connectivity index (χ2v) is 6.36. The number of cyclic esters (lactones) is 1. The van der Waals surface area contributed by atoms with Crippen molar-refractivity contribution < 1.29 is 19.4 Å². The molecule has 1 amide bonds. The number of carboxylic acid groups (broad SMARTS) is 1.